The summed E-state index contributed by atoms with van der Waals surface area (Å²) in [5.41, 5.74) is 2.01. The maximum absolute atomic E-state index is 12.1. The lowest BCUT2D eigenvalue weighted by Gasteiger charge is -2.00. The van der Waals surface area contributed by atoms with E-state index in [2.05, 4.69) is 32.2 Å². The molecule has 0 aliphatic rings. The summed E-state index contributed by atoms with van der Waals surface area (Å²) in [5, 5.41) is 8.35. The van der Waals surface area contributed by atoms with Crippen LogP contribution in [0.5, 0.6) is 0 Å². The molecule has 0 saturated heterocycles. The lowest BCUT2D eigenvalue weighted by molar-refractivity contribution is 0.0946. The molecule has 0 bridgehead atoms. The molecule has 0 saturated carbocycles. The van der Waals surface area contributed by atoms with Crippen LogP contribution >= 0.6 is 22.7 Å². The average Bonchev–Trinajstić information content (AvgIpc) is 3.23. The van der Waals surface area contributed by atoms with Crippen LogP contribution in [0.1, 0.15) is 34.5 Å². The molecule has 0 fully saturated rings. The van der Waals surface area contributed by atoms with Crippen molar-refractivity contribution in [3.8, 4) is 10.7 Å². The van der Waals surface area contributed by atoms with E-state index in [4.69, 9.17) is 0 Å². The molecular formula is C15H15N5OS2. The van der Waals surface area contributed by atoms with Gasteiger partial charge in [0.2, 0.25) is 0 Å². The molecule has 3 aromatic heterocycles. The minimum Gasteiger partial charge on any atom is -0.345 e. The Morgan fingerprint density at radius 2 is 2.13 bits per heavy atom. The Kier molecular flexibility index (Phi) is 5.04. The number of aromatic nitrogens is 4. The van der Waals surface area contributed by atoms with Crippen LogP contribution in [0.15, 0.2) is 29.4 Å². The zero-order valence-corrected chi connectivity index (χ0v) is 14.2. The first kappa shape index (κ1) is 15.7. The van der Waals surface area contributed by atoms with Crippen LogP contribution in [0.25, 0.3) is 10.7 Å². The predicted molar refractivity (Wildman–Crippen MR) is 90.4 cm³/mol. The topological polar surface area (TPSA) is 80.7 Å². The molecule has 6 nitrogen and oxygen atoms in total. The summed E-state index contributed by atoms with van der Waals surface area (Å²) < 4.78 is 0. The zero-order chi connectivity index (χ0) is 16.1. The summed E-state index contributed by atoms with van der Waals surface area (Å²) in [6.07, 6.45) is 6.86. The van der Waals surface area contributed by atoms with Gasteiger partial charge in [0.1, 0.15) is 16.4 Å². The lowest BCUT2D eigenvalue weighted by Crippen LogP contribution is -2.23. The second-order valence-electron chi connectivity index (χ2n) is 4.79. The normalized spacial score (nSPS) is 10.7. The van der Waals surface area contributed by atoms with Crippen LogP contribution in [-0.2, 0) is 13.0 Å². The second kappa shape index (κ2) is 7.38. The van der Waals surface area contributed by atoms with Gasteiger partial charge >= 0.3 is 0 Å². The Labute approximate surface area is 141 Å². The molecule has 1 N–H and O–H groups in total. The standard InChI is InChI=1S/C15H15N5OS2/c1-2-3-13-20-12(9-22-13)14(21)18-6-10-8-23-15(19-10)11-7-16-4-5-17-11/h4-5,7-9H,2-3,6H2,1H3,(H,18,21). The van der Waals surface area contributed by atoms with Gasteiger partial charge < -0.3 is 5.32 Å². The van der Waals surface area contributed by atoms with Gasteiger partial charge in [-0.05, 0) is 12.8 Å². The summed E-state index contributed by atoms with van der Waals surface area (Å²) in [4.78, 5) is 29.1. The third-order valence-corrected chi connectivity index (χ3v) is 4.83. The number of carbonyl (C=O) groups is 1. The quantitative estimate of drug-likeness (QED) is 0.743. The highest BCUT2D eigenvalue weighted by Gasteiger charge is 2.11. The van der Waals surface area contributed by atoms with Crippen LogP contribution in [0.4, 0.5) is 0 Å². The third-order valence-electron chi connectivity index (χ3n) is 3.01. The highest BCUT2D eigenvalue weighted by atomic mass is 32.1. The van der Waals surface area contributed by atoms with Crippen molar-refractivity contribution in [3.63, 3.8) is 0 Å². The fraction of sp³-hybridized carbons (Fsp3) is 0.267. The number of carbonyl (C=O) groups excluding carboxylic acids is 1. The van der Waals surface area contributed by atoms with Gasteiger partial charge in [-0.2, -0.15) is 0 Å². The van der Waals surface area contributed by atoms with Gasteiger partial charge in [0.15, 0.2) is 0 Å². The summed E-state index contributed by atoms with van der Waals surface area (Å²) in [5.74, 6) is -0.169. The molecule has 0 spiro atoms. The van der Waals surface area contributed by atoms with Crippen molar-refractivity contribution in [2.24, 2.45) is 0 Å². The number of rotatable bonds is 6. The van der Waals surface area contributed by atoms with Crippen LogP contribution < -0.4 is 5.32 Å². The van der Waals surface area contributed by atoms with Crippen LogP contribution in [-0.4, -0.2) is 25.8 Å². The van der Waals surface area contributed by atoms with E-state index in [0.29, 0.717) is 12.2 Å². The smallest absolute Gasteiger partial charge is 0.271 e. The van der Waals surface area contributed by atoms with E-state index in [1.807, 2.05) is 5.38 Å². The first-order chi connectivity index (χ1) is 11.3. The van der Waals surface area contributed by atoms with Crippen LogP contribution in [0.3, 0.4) is 0 Å². The molecule has 118 valence electrons. The molecule has 23 heavy (non-hydrogen) atoms. The average molecular weight is 345 g/mol. The Morgan fingerprint density at radius 3 is 2.91 bits per heavy atom. The Balaban J connectivity index is 1.60. The van der Waals surface area contributed by atoms with E-state index in [1.54, 1.807) is 24.0 Å². The van der Waals surface area contributed by atoms with Gasteiger partial charge in [0.25, 0.3) is 5.91 Å². The number of thiazole rings is 2. The first-order valence-corrected chi connectivity index (χ1v) is 8.95. The SMILES string of the molecule is CCCc1nc(C(=O)NCc2csc(-c3cnccn3)n2)cs1. The Morgan fingerprint density at radius 1 is 1.22 bits per heavy atom. The first-order valence-electron chi connectivity index (χ1n) is 7.19. The van der Waals surface area contributed by atoms with Crippen LogP contribution in [0, 0.1) is 0 Å². The monoisotopic (exact) mass is 345 g/mol. The molecule has 8 heteroatoms. The minimum absolute atomic E-state index is 0.169. The fourth-order valence-corrected chi connectivity index (χ4v) is 3.58. The number of nitrogens with one attached hydrogen (secondary N) is 1. The molecule has 3 aromatic rings. The largest absolute Gasteiger partial charge is 0.345 e. The predicted octanol–water partition coefficient (Wildman–Crippen LogP) is 2.94. The minimum atomic E-state index is -0.169. The van der Waals surface area contributed by atoms with Gasteiger partial charge in [-0.15, -0.1) is 22.7 Å². The van der Waals surface area contributed by atoms with Crippen molar-refractivity contribution < 1.29 is 4.79 Å². The number of hydrogen-bond acceptors (Lipinski definition) is 7. The van der Waals surface area contributed by atoms with Crippen molar-refractivity contribution >= 4 is 28.6 Å². The van der Waals surface area contributed by atoms with Gasteiger partial charge in [-0.3, -0.25) is 14.8 Å². The molecule has 0 aromatic carbocycles. The second-order valence-corrected chi connectivity index (χ2v) is 6.59. The molecule has 0 aliphatic carbocycles. The number of amides is 1. The fourth-order valence-electron chi connectivity index (χ4n) is 1.92. The van der Waals surface area contributed by atoms with Crippen molar-refractivity contribution in [2.45, 2.75) is 26.3 Å². The molecular weight excluding hydrogens is 330 g/mol. The molecule has 0 aliphatic heterocycles. The van der Waals surface area contributed by atoms with E-state index in [0.717, 1.165) is 34.2 Å². The third kappa shape index (κ3) is 3.96. The van der Waals surface area contributed by atoms with Crippen molar-refractivity contribution in [1.29, 1.82) is 0 Å². The Hall–Kier alpha value is -2.19. The zero-order valence-electron chi connectivity index (χ0n) is 12.5. The number of aryl methyl sites for hydroxylation is 1. The summed E-state index contributed by atoms with van der Waals surface area (Å²) in [6, 6.07) is 0. The van der Waals surface area contributed by atoms with E-state index in [9.17, 15) is 4.79 Å². The highest BCUT2D eigenvalue weighted by Crippen LogP contribution is 2.20. The maximum Gasteiger partial charge on any atom is 0.271 e. The summed E-state index contributed by atoms with van der Waals surface area (Å²) >= 11 is 3.01. The number of hydrogen-bond donors (Lipinski definition) is 1. The highest BCUT2D eigenvalue weighted by molar-refractivity contribution is 7.13. The van der Waals surface area contributed by atoms with Crippen molar-refractivity contribution in [2.75, 3.05) is 0 Å². The molecule has 0 atom stereocenters. The molecule has 0 radical (unpaired) electrons. The summed E-state index contributed by atoms with van der Waals surface area (Å²) in [7, 11) is 0. The van der Waals surface area contributed by atoms with E-state index in [1.165, 1.54) is 22.7 Å². The molecule has 0 unspecified atom stereocenters. The Bertz CT molecular complexity index is 784. The van der Waals surface area contributed by atoms with Crippen LogP contribution in [0.2, 0.25) is 0 Å². The maximum atomic E-state index is 12.1. The van der Waals surface area contributed by atoms with Crippen molar-refractivity contribution in [1.82, 2.24) is 25.3 Å². The van der Waals surface area contributed by atoms with E-state index >= 15 is 0 Å². The molecule has 3 heterocycles. The van der Waals surface area contributed by atoms with E-state index in [-0.39, 0.29) is 5.91 Å². The van der Waals surface area contributed by atoms with Gasteiger partial charge in [0.05, 0.1) is 23.4 Å². The lowest BCUT2D eigenvalue weighted by atomic mass is 10.3. The van der Waals surface area contributed by atoms with Gasteiger partial charge in [0, 0.05) is 23.2 Å². The van der Waals surface area contributed by atoms with Gasteiger partial charge in [-0.25, -0.2) is 9.97 Å². The molecule has 3 rings (SSSR count). The summed E-state index contributed by atoms with van der Waals surface area (Å²) in [6.45, 7) is 2.47. The molecule has 1 amide bonds. The van der Waals surface area contributed by atoms with Gasteiger partial charge in [-0.1, -0.05) is 6.92 Å². The van der Waals surface area contributed by atoms with Crippen molar-refractivity contribution in [3.05, 3.63) is 45.7 Å². The number of nitrogens with zero attached hydrogens (tertiary/aromatic N) is 4. The van der Waals surface area contributed by atoms with E-state index < -0.39 is 0 Å².